The van der Waals surface area contributed by atoms with Crippen LogP contribution < -0.4 is 0 Å². The fraction of sp³-hybridized carbons (Fsp3) is 0.500. The molecular formula is C14H13F4NO4S. The molecule has 1 aromatic carbocycles. The van der Waals surface area contributed by atoms with Gasteiger partial charge >= 0.3 is 5.97 Å². The fourth-order valence-corrected chi connectivity index (χ4v) is 5.37. The summed E-state index contributed by atoms with van der Waals surface area (Å²) in [5.74, 6) is -9.39. The van der Waals surface area contributed by atoms with E-state index in [-0.39, 0.29) is 19.0 Å². The lowest BCUT2D eigenvalue weighted by Crippen LogP contribution is -2.37. The topological polar surface area (TPSA) is 74.7 Å². The molecule has 1 aliphatic carbocycles. The van der Waals surface area contributed by atoms with Crippen molar-refractivity contribution in [2.24, 2.45) is 11.3 Å². The van der Waals surface area contributed by atoms with Gasteiger partial charge in [0, 0.05) is 19.2 Å². The third kappa shape index (κ3) is 2.23. The van der Waals surface area contributed by atoms with Crippen molar-refractivity contribution in [2.45, 2.75) is 24.2 Å². The van der Waals surface area contributed by atoms with Crippen molar-refractivity contribution >= 4 is 16.0 Å². The number of aliphatic carboxylic acids is 1. The average molecular weight is 367 g/mol. The molecule has 0 aromatic heterocycles. The third-order valence-electron chi connectivity index (χ3n) is 4.93. The van der Waals surface area contributed by atoms with E-state index in [2.05, 4.69) is 0 Å². The van der Waals surface area contributed by atoms with Crippen molar-refractivity contribution in [1.82, 2.24) is 4.31 Å². The van der Waals surface area contributed by atoms with Gasteiger partial charge < -0.3 is 5.11 Å². The Hall–Kier alpha value is -1.68. The second kappa shape index (κ2) is 5.41. The van der Waals surface area contributed by atoms with Gasteiger partial charge in [-0.1, -0.05) is 6.42 Å². The van der Waals surface area contributed by atoms with E-state index < -0.39 is 62.0 Å². The monoisotopic (exact) mass is 367 g/mol. The number of halogens is 4. The zero-order valence-electron chi connectivity index (χ0n) is 12.2. The number of rotatable bonds is 3. The van der Waals surface area contributed by atoms with E-state index in [1.54, 1.807) is 0 Å². The lowest BCUT2D eigenvalue weighted by Gasteiger charge is -2.23. The maximum absolute atomic E-state index is 13.8. The van der Waals surface area contributed by atoms with Crippen molar-refractivity contribution in [2.75, 3.05) is 13.1 Å². The highest BCUT2D eigenvalue weighted by molar-refractivity contribution is 7.89. The van der Waals surface area contributed by atoms with Gasteiger partial charge in [-0.3, -0.25) is 4.79 Å². The lowest BCUT2D eigenvalue weighted by molar-refractivity contribution is -0.149. The zero-order valence-corrected chi connectivity index (χ0v) is 13.0. The van der Waals surface area contributed by atoms with Gasteiger partial charge in [-0.2, -0.15) is 4.31 Å². The Morgan fingerprint density at radius 2 is 1.79 bits per heavy atom. The highest BCUT2D eigenvalue weighted by Crippen LogP contribution is 2.50. The van der Waals surface area contributed by atoms with Crippen LogP contribution in [-0.4, -0.2) is 36.9 Å². The van der Waals surface area contributed by atoms with E-state index in [4.69, 9.17) is 0 Å². The zero-order chi connectivity index (χ0) is 17.9. The predicted octanol–water partition coefficient (Wildman–Crippen LogP) is 2.12. The van der Waals surface area contributed by atoms with Crippen molar-refractivity contribution in [3.8, 4) is 0 Å². The quantitative estimate of drug-likeness (QED) is 0.656. The molecule has 10 heteroatoms. The molecule has 132 valence electrons. The van der Waals surface area contributed by atoms with Crippen LogP contribution in [0.15, 0.2) is 11.0 Å². The summed E-state index contributed by atoms with van der Waals surface area (Å²) in [5, 5.41) is 9.44. The van der Waals surface area contributed by atoms with Crippen LogP contribution in [0.5, 0.6) is 0 Å². The first-order valence-corrected chi connectivity index (χ1v) is 8.62. The number of carboxylic acid groups (broad SMARTS) is 1. The number of sulfonamides is 1. The minimum Gasteiger partial charge on any atom is -0.481 e. The number of carbonyl (C=O) groups is 1. The van der Waals surface area contributed by atoms with E-state index in [1.807, 2.05) is 0 Å². The Morgan fingerprint density at radius 3 is 2.29 bits per heavy atom. The van der Waals surface area contributed by atoms with E-state index in [0.29, 0.717) is 17.1 Å². The normalized spacial score (nSPS) is 27.4. The predicted molar refractivity (Wildman–Crippen MR) is 72.4 cm³/mol. The van der Waals surface area contributed by atoms with Crippen LogP contribution in [0.25, 0.3) is 0 Å². The molecule has 1 heterocycles. The van der Waals surface area contributed by atoms with Gasteiger partial charge in [-0.05, 0) is 18.8 Å². The van der Waals surface area contributed by atoms with Gasteiger partial charge in [-0.25, -0.2) is 26.0 Å². The molecule has 1 aliphatic heterocycles. The molecule has 24 heavy (non-hydrogen) atoms. The molecule has 0 radical (unpaired) electrons. The summed E-state index contributed by atoms with van der Waals surface area (Å²) in [6.07, 6.45) is 1.30. The summed E-state index contributed by atoms with van der Waals surface area (Å²) in [6, 6.07) is -0.0822. The molecule has 1 aromatic rings. The summed E-state index contributed by atoms with van der Waals surface area (Å²) in [6.45, 7) is -0.738. The molecule has 2 fully saturated rings. The molecule has 0 unspecified atom stereocenters. The van der Waals surface area contributed by atoms with Crippen molar-refractivity contribution < 1.29 is 35.9 Å². The Bertz CT molecular complexity index is 802. The van der Waals surface area contributed by atoms with E-state index in [1.165, 1.54) is 0 Å². The third-order valence-corrected chi connectivity index (χ3v) is 6.77. The first-order valence-electron chi connectivity index (χ1n) is 7.18. The maximum atomic E-state index is 13.8. The lowest BCUT2D eigenvalue weighted by atomic mass is 9.81. The molecule has 0 spiro atoms. The average Bonchev–Trinajstić information content (AvgIpc) is 3.03. The minimum absolute atomic E-state index is 0.0822. The molecule has 1 N–H and O–H groups in total. The van der Waals surface area contributed by atoms with Gasteiger partial charge in [0.25, 0.3) is 0 Å². The minimum atomic E-state index is -4.92. The van der Waals surface area contributed by atoms with Crippen molar-refractivity contribution in [3.63, 3.8) is 0 Å². The number of fused-ring (bicyclic) bond motifs is 1. The number of nitrogens with zero attached hydrogens (tertiary/aromatic N) is 1. The van der Waals surface area contributed by atoms with E-state index >= 15 is 0 Å². The first kappa shape index (κ1) is 17.2. The van der Waals surface area contributed by atoms with Crippen molar-refractivity contribution in [3.05, 3.63) is 29.3 Å². The van der Waals surface area contributed by atoms with Crippen LogP contribution in [-0.2, 0) is 14.8 Å². The second-order valence-corrected chi connectivity index (χ2v) is 8.02. The number of benzene rings is 1. The van der Waals surface area contributed by atoms with Crippen LogP contribution in [0.1, 0.15) is 19.3 Å². The van der Waals surface area contributed by atoms with Gasteiger partial charge in [0.1, 0.15) is 0 Å². The Kier molecular flexibility index (Phi) is 3.87. The smallest absolute Gasteiger partial charge is 0.311 e. The first-order chi connectivity index (χ1) is 11.1. The number of hydrogen-bond donors (Lipinski definition) is 1. The van der Waals surface area contributed by atoms with Gasteiger partial charge in [0.15, 0.2) is 28.2 Å². The Labute approximate surface area is 134 Å². The number of hydrogen-bond acceptors (Lipinski definition) is 3. The van der Waals surface area contributed by atoms with Gasteiger partial charge in [0.2, 0.25) is 10.0 Å². The molecule has 0 amide bonds. The molecular weight excluding hydrogens is 354 g/mol. The molecule has 1 saturated heterocycles. The summed E-state index contributed by atoms with van der Waals surface area (Å²) >= 11 is 0. The van der Waals surface area contributed by atoms with Crippen LogP contribution in [0.3, 0.4) is 0 Å². The van der Waals surface area contributed by atoms with Gasteiger partial charge in [0.05, 0.1) is 5.41 Å². The van der Waals surface area contributed by atoms with Crippen LogP contribution in [0, 0.1) is 34.6 Å². The van der Waals surface area contributed by atoms with Crippen LogP contribution in [0.4, 0.5) is 17.6 Å². The summed E-state index contributed by atoms with van der Waals surface area (Å²) < 4.78 is 79.9. The number of carboxylic acids is 1. The van der Waals surface area contributed by atoms with Crippen LogP contribution >= 0.6 is 0 Å². The molecule has 2 aliphatic rings. The molecule has 1 saturated carbocycles. The Balaban J connectivity index is 2.07. The molecule has 5 nitrogen and oxygen atoms in total. The maximum Gasteiger partial charge on any atom is 0.311 e. The second-order valence-electron chi connectivity index (χ2n) is 6.15. The van der Waals surface area contributed by atoms with Crippen molar-refractivity contribution in [1.29, 1.82) is 0 Å². The summed E-state index contributed by atoms with van der Waals surface area (Å²) in [7, 11) is -4.92. The molecule has 0 bridgehead atoms. The standard InChI is InChI=1S/C14H13F4NO4S/c15-8-4-9(16)11(18)12(10(8)17)24(22,23)19-5-7-2-1-3-14(7,6-19)13(20)21/h4,7H,1-3,5-6H2,(H,20,21)/t7-,14+/m0/s1. The van der Waals surface area contributed by atoms with Gasteiger partial charge in [-0.15, -0.1) is 0 Å². The summed E-state index contributed by atoms with van der Waals surface area (Å²) in [5.41, 5.74) is -1.33. The highest BCUT2D eigenvalue weighted by atomic mass is 32.2. The van der Waals surface area contributed by atoms with E-state index in [0.717, 1.165) is 0 Å². The SMILES string of the molecule is O=C(O)[C@@]12CCC[C@H]1CN(S(=O)(=O)c1c(F)c(F)cc(F)c1F)C2. The fourth-order valence-electron chi connectivity index (χ4n) is 3.68. The summed E-state index contributed by atoms with van der Waals surface area (Å²) in [4.78, 5) is 9.84. The molecule has 2 atom stereocenters. The molecule has 3 rings (SSSR count). The largest absolute Gasteiger partial charge is 0.481 e. The Morgan fingerprint density at radius 1 is 1.21 bits per heavy atom. The van der Waals surface area contributed by atoms with Crippen LogP contribution in [0.2, 0.25) is 0 Å². The highest BCUT2D eigenvalue weighted by Gasteiger charge is 2.57. The van der Waals surface area contributed by atoms with E-state index in [9.17, 15) is 35.9 Å².